The van der Waals surface area contributed by atoms with Crippen molar-refractivity contribution in [3.05, 3.63) is 87.5 Å². The fourth-order valence-electron chi connectivity index (χ4n) is 3.17. The number of halogens is 1. The lowest BCUT2D eigenvalue weighted by molar-refractivity contribution is -0.116. The molecule has 0 bridgehead atoms. The second-order valence-corrected chi connectivity index (χ2v) is 7.23. The Hall–Kier alpha value is -2.93. The van der Waals surface area contributed by atoms with Crippen LogP contribution in [0.2, 0.25) is 0 Å². The van der Waals surface area contributed by atoms with E-state index in [9.17, 15) is 14.0 Å². The third-order valence-corrected chi connectivity index (χ3v) is 5.34. The zero-order chi connectivity index (χ0) is 18.8. The van der Waals surface area contributed by atoms with Gasteiger partial charge < -0.3 is 10.3 Å². The van der Waals surface area contributed by atoms with E-state index in [0.717, 1.165) is 11.1 Å². The predicted octanol–water partition coefficient (Wildman–Crippen LogP) is 3.68. The van der Waals surface area contributed by atoms with Crippen LogP contribution in [0.5, 0.6) is 0 Å². The van der Waals surface area contributed by atoms with Crippen LogP contribution in [-0.4, -0.2) is 15.9 Å². The maximum atomic E-state index is 13.3. The highest BCUT2D eigenvalue weighted by atomic mass is 32.2. The lowest BCUT2D eigenvalue weighted by Gasteiger charge is -2.24. The predicted molar refractivity (Wildman–Crippen MR) is 102 cm³/mol. The van der Waals surface area contributed by atoms with Crippen molar-refractivity contribution >= 4 is 23.5 Å². The Morgan fingerprint density at radius 2 is 1.93 bits per heavy atom. The van der Waals surface area contributed by atoms with Gasteiger partial charge in [-0.05, 0) is 23.3 Å². The highest BCUT2D eigenvalue weighted by Crippen LogP contribution is 2.34. The standard InChI is InChI=1S/C20H16FN3O2S/c21-14-8-4-5-12(9-14)11-27-20-23-18-17(19(26)24-20)15(10-16(25)22-18)13-6-2-1-3-7-13/h1-9,15H,10-11H2,(H2,22,23,24,25,26). The molecule has 2 heterocycles. The van der Waals surface area contributed by atoms with E-state index >= 15 is 0 Å². The summed E-state index contributed by atoms with van der Waals surface area (Å²) in [6.45, 7) is 0. The van der Waals surface area contributed by atoms with Crippen molar-refractivity contribution < 1.29 is 9.18 Å². The van der Waals surface area contributed by atoms with Gasteiger partial charge >= 0.3 is 0 Å². The van der Waals surface area contributed by atoms with Crippen molar-refractivity contribution in [3.8, 4) is 0 Å². The molecule has 2 aromatic carbocycles. The van der Waals surface area contributed by atoms with Crippen LogP contribution in [-0.2, 0) is 10.5 Å². The molecule has 27 heavy (non-hydrogen) atoms. The zero-order valence-corrected chi connectivity index (χ0v) is 15.1. The molecule has 0 saturated carbocycles. The lowest BCUT2D eigenvalue weighted by atomic mass is 9.87. The molecule has 0 aliphatic carbocycles. The van der Waals surface area contributed by atoms with Crippen LogP contribution in [0.25, 0.3) is 0 Å². The van der Waals surface area contributed by atoms with Crippen molar-refractivity contribution in [2.24, 2.45) is 0 Å². The van der Waals surface area contributed by atoms with Crippen LogP contribution in [0.1, 0.15) is 29.0 Å². The second kappa shape index (κ2) is 7.36. The highest BCUT2D eigenvalue weighted by molar-refractivity contribution is 7.98. The molecule has 0 radical (unpaired) electrons. The maximum Gasteiger partial charge on any atom is 0.257 e. The van der Waals surface area contributed by atoms with E-state index in [4.69, 9.17) is 0 Å². The molecule has 136 valence electrons. The van der Waals surface area contributed by atoms with Crippen LogP contribution in [0.15, 0.2) is 64.5 Å². The number of hydrogen-bond acceptors (Lipinski definition) is 4. The van der Waals surface area contributed by atoms with Gasteiger partial charge in [0, 0.05) is 18.1 Å². The average Bonchev–Trinajstić information content (AvgIpc) is 2.66. The van der Waals surface area contributed by atoms with Crippen LogP contribution in [0.4, 0.5) is 10.2 Å². The number of nitrogens with zero attached hydrogens (tertiary/aromatic N) is 1. The summed E-state index contributed by atoms with van der Waals surface area (Å²) in [6.07, 6.45) is 0.206. The first-order valence-electron chi connectivity index (χ1n) is 8.46. The number of H-pyrrole nitrogens is 1. The zero-order valence-electron chi connectivity index (χ0n) is 14.2. The number of nitrogens with one attached hydrogen (secondary N) is 2. The Morgan fingerprint density at radius 1 is 1.11 bits per heavy atom. The summed E-state index contributed by atoms with van der Waals surface area (Å²) >= 11 is 1.28. The van der Waals surface area contributed by atoms with Gasteiger partial charge in [-0.2, -0.15) is 0 Å². The van der Waals surface area contributed by atoms with Crippen molar-refractivity contribution in [2.75, 3.05) is 5.32 Å². The SMILES string of the molecule is O=C1CC(c2ccccc2)c2c(nc(SCc3cccc(F)c3)[nH]c2=O)N1. The van der Waals surface area contributed by atoms with Gasteiger partial charge in [0.25, 0.3) is 5.56 Å². The van der Waals surface area contributed by atoms with Gasteiger partial charge in [-0.3, -0.25) is 9.59 Å². The topological polar surface area (TPSA) is 74.8 Å². The Balaban J connectivity index is 1.65. The summed E-state index contributed by atoms with van der Waals surface area (Å²) < 4.78 is 13.3. The summed E-state index contributed by atoms with van der Waals surface area (Å²) in [7, 11) is 0. The molecule has 1 aliphatic heterocycles. The van der Waals surface area contributed by atoms with Gasteiger partial charge in [0.15, 0.2) is 5.16 Å². The van der Waals surface area contributed by atoms with E-state index in [1.54, 1.807) is 12.1 Å². The molecule has 1 aromatic heterocycles. The summed E-state index contributed by atoms with van der Waals surface area (Å²) in [6, 6.07) is 15.7. The molecule has 0 spiro atoms. The third-order valence-electron chi connectivity index (χ3n) is 4.40. The fraction of sp³-hybridized carbons (Fsp3) is 0.150. The number of amides is 1. The minimum atomic E-state index is -0.325. The Kier molecular flexibility index (Phi) is 4.77. The first-order valence-corrected chi connectivity index (χ1v) is 9.45. The molecular weight excluding hydrogens is 365 g/mol. The van der Waals surface area contributed by atoms with Gasteiger partial charge in [0.1, 0.15) is 11.6 Å². The molecule has 5 nitrogen and oxygen atoms in total. The molecule has 1 atom stereocenters. The number of fused-ring (bicyclic) bond motifs is 1. The smallest absolute Gasteiger partial charge is 0.257 e. The third kappa shape index (κ3) is 3.78. The van der Waals surface area contributed by atoms with Gasteiger partial charge in [0.2, 0.25) is 5.91 Å². The van der Waals surface area contributed by atoms with Gasteiger partial charge in [-0.25, -0.2) is 9.37 Å². The van der Waals surface area contributed by atoms with Crippen LogP contribution in [0.3, 0.4) is 0 Å². The van der Waals surface area contributed by atoms with Crippen LogP contribution >= 0.6 is 11.8 Å². The summed E-state index contributed by atoms with van der Waals surface area (Å²) in [5, 5.41) is 3.09. The van der Waals surface area contributed by atoms with Gasteiger partial charge in [0.05, 0.1) is 5.56 Å². The molecule has 1 aliphatic rings. The Morgan fingerprint density at radius 3 is 2.70 bits per heavy atom. The first kappa shape index (κ1) is 17.5. The Labute approximate surface area is 159 Å². The first-order chi connectivity index (χ1) is 13.1. The van der Waals surface area contributed by atoms with Crippen LogP contribution < -0.4 is 10.9 Å². The molecule has 2 N–H and O–H groups in total. The monoisotopic (exact) mass is 381 g/mol. The van der Waals surface area contributed by atoms with E-state index in [2.05, 4.69) is 15.3 Å². The number of carbonyl (C=O) groups excluding carboxylic acids is 1. The van der Waals surface area contributed by atoms with Gasteiger partial charge in [-0.1, -0.05) is 54.2 Å². The highest BCUT2D eigenvalue weighted by Gasteiger charge is 2.30. The van der Waals surface area contributed by atoms with Crippen LogP contribution in [0, 0.1) is 5.82 Å². The molecule has 1 unspecified atom stereocenters. The number of carbonyl (C=O) groups is 1. The van der Waals surface area contributed by atoms with E-state index in [0.29, 0.717) is 22.3 Å². The largest absolute Gasteiger partial charge is 0.310 e. The number of aromatic nitrogens is 2. The number of aromatic amines is 1. The maximum absolute atomic E-state index is 13.3. The van der Waals surface area contributed by atoms with Crippen molar-refractivity contribution in [1.82, 2.24) is 9.97 Å². The van der Waals surface area contributed by atoms with E-state index < -0.39 is 0 Å². The lowest BCUT2D eigenvalue weighted by Crippen LogP contribution is -2.31. The van der Waals surface area contributed by atoms with Crippen molar-refractivity contribution in [1.29, 1.82) is 0 Å². The quantitative estimate of drug-likeness (QED) is 0.534. The molecule has 3 aromatic rings. The summed E-state index contributed by atoms with van der Waals surface area (Å²) in [5.74, 6) is -0.0530. The molecule has 4 rings (SSSR count). The van der Waals surface area contributed by atoms with Gasteiger partial charge in [-0.15, -0.1) is 0 Å². The molecular formula is C20H16FN3O2S. The molecule has 7 heteroatoms. The minimum absolute atomic E-state index is 0.171. The number of hydrogen-bond donors (Lipinski definition) is 2. The number of thioether (sulfide) groups is 1. The van der Waals surface area contributed by atoms with Crippen molar-refractivity contribution in [2.45, 2.75) is 23.2 Å². The summed E-state index contributed by atoms with van der Waals surface area (Å²) in [4.78, 5) is 32.1. The molecule has 1 amide bonds. The minimum Gasteiger partial charge on any atom is -0.310 e. The average molecular weight is 381 g/mol. The second-order valence-electron chi connectivity index (χ2n) is 6.27. The fourth-order valence-corrected chi connectivity index (χ4v) is 3.97. The molecule has 0 saturated heterocycles. The van der Waals surface area contributed by atoms with E-state index in [-0.39, 0.29) is 29.6 Å². The molecule has 0 fully saturated rings. The van der Waals surface area contributed by atoms with E-state index in [1.807, 2.05) is 30.3 Å². The summed E-state index contributed by atoms with van der Waals surface area (Å²) in [5.41, 5.74) is 1.89. The number of benzene rings is 2. The number of anilines is 1. The Bertz CT molecular complexity index is 1050. The van der Waals surface area contributed by atoms with E-state index in [1.165, 1.54) is 23.9 Å². The van der Waals surface area contributed by atoms with Crippen molar-refractivity contribution in [3.63, 3.8) is 0 Å². The normalized spacial score (nSPS) is 15.9. The number of rotatable bonds is 4.